The Balaban J connectivity index is 2.74. The van der Waals surface area contributed by atoms with Gasteiger partial charge in [-0.1, -0.05) is 6.07 Å². The second-order valence-corrected chi connectivity index (χ2v) is 4.13. The van der Waals surface area contributed by atoms with E-state index < -0.39 is 17.8 Å². The van der Waals surface area contributed by atoms with Gasteiger partial charge in [0.2, 0.25) is 0 Å². The molecule has 0 aromatic heterocycles. The predicted octanol–water partition coefficient (Wildman–Crippen LogP) is 2.13. The van der Waals surface area contributed by atoms with Crippen LogP contribution in [0.2, 0.25) is 0 Å². The first-order valence-electron chi connectivity index (χ1n) is 5.80. The topological polar surface area (TPSA) is 49.8 Å². The molecule has 0 fully saturated rings. The molecule has 0 saturated carbocycles. The first-order valence-corrected chi connectivity index (χ1v) is 5.80. The molecule has 0 bridgehead atoms. The molecule has 1 rings (SSSR count). The number of likely N-dealkylation sites (N-methyl/N-ethyl adjacent to an activating group) is 1. The van der Waals surface area contributed by atoms with Crippen LogP contribution in [0.5, 0.6) is 5.75 Å². The summed E-state index contributed by atoms with van der Waals surface area (Å²) >= 11 is 0. The number of nitrogens with zero attached hydrogens (tertiary/aromatic N) is 1. The standard InChI is InChI=1S/C13H18FNO3/c1-4-18-12-6-5-10(7-11(12)14)8-15(3)9(2)13(16)17/h5-7,9H,4,8H2,1-3H3,(H,16,17). The highest BCUT2D eigenvalue weighted by Crippen LogP contribution is 2.19. The van der Waals surface area contributed by atoms with Crippen molar-refractivity contribution in [1.29, 1.82) is 0 Å². The molecule has 0 aliphatic carbocycles. The Labute approximate surface area is 106 Å². The maximum Gasteiger partial charge on any atom is 0.320 e. The molecule has 100 valence electrons. The van der Waals surface area contributed by atoms with Gasteiger partial charge in [0.05, 0.1) is 6.61 Å². The molecule has 1 atom stereocenters. The summed E-state index contributed by atoms with van der Waals surface area (Å²) in [7, 11) is 1.69. The Morgan fingerprint density at radius 1 is 1.56 bits per heavy atom. The van der Waals surface area contributed by atoms with Crippen LogP contribution in [0, 0.1) is 5.82 Å². The summed E-state index contributed by atoms with van der Waals surface area (Å²) in [5, 5.41) is 8.86. The average Bonchev–Trinajstić information content (AvgIpc) is 2.31. The van der Waals surface area contributed by atoms with Crippen molar-refractivity contribution in [1.82, 2.24) is 4.90 Å². The van der Waals surface area contributed by atoms with Gasteiger partial charge in [-0.2, -0.15) is 0 Å². The lowest BCUT2D eigenvalue weighted by Crippen LogP contribution is -2.35. The van der Waals surface area contributed by atoms with E-state index in [0.29, 0.717) is 18.7 Å². The summed E-state index contributed by atoms with van der Waals surface area (Å²) in [5.41, 5.74) is 0.714. The van der Waals surface area contributed by atoms with Crippen LogP contribution >= 0.6 is 0 Å². The monoisotopic (exact) mass is 255 g/mol. The lowest BCUT2D eigenvalue weighted by Gasteiger charge is -2.21. The fourth-order valence-electron chi connectivity index (χ4n) is 1.53. The maximum absolute atomic E-state index is 13.6. The van der Waals surface area contributed by atoms with Gasteiger partial charge in [-0.15, -0.1) is 0 Å². The number of rotatable bonds is 6. The third kappa shape index (κ3) is 3.70. The number of halogens is 1. The van der Waals surface area contributed by atoms with Crippen LogP contribution in [0.1, 0.15) is 19.4 Å². The summed E-state index contributed by atoms with van der Waals surface area (Å²) in [6, 6.07) is 4.06. The number of aliphatic carboxylic acids is 1. The van der Waals surface area contributed by atoms with Crippen LogP contribution in [0.15, 0.2) is 18.2 Å². The summed E-state index contributed by atoms with van der Waals surface area (Å²) in [4.78, 5) is 12.4. The maximum atomic E-state index is 13.6. The molecular formula is C13H18FNO3. The highest BCUT2D eigenvalue weighted by Gasteiger charge is 2.17. The van der Waals surface area contributed by atoms with Gasteiger partial charge in [0.25, 0.3) is 0 Å². The van der Waals surface area contributed by atoms with Crippen LogP contribution in [0.3, 0.4) is 0 Å². The quantitative estimate of drug-likeness (QED) is 0.846. The Morgan fingerprint density at radius 2 is 2.22 bits per heavy atom. The SMILES string of the molecule is CCOc1ccc(CN(C)C(C)C(=O)O)cc1F. The van der Waals surface area contributed by atoms with E-state index >= 15 is 0 Å². The number of hydrogen-bond acceptors (Lipinski definition) is 3. The predicted molar refractivity (Wildman–Crippen MR) is 66.1 cm³/mol. The molecule has 0 spiro atoms. The molecular weight excluding hydrogens is 237 g/mol. The van der Waals surface area contributed by atoms with Crippen LogP contribution in [0.25, 0.3) is 0 Å². The first kappa shape index (κ1) is 14.4. The van der Waals surface area contributed by atoms with E-state index in [-0.39, 0.29) is 5.75 Å². The second kappa shape index (κ2) is 6.35. The largest absolute Gasteiger partial charge is 0.491 e. The molecule has 0 aliphatic rings. The van der Waals surface area contributed by atoms with Crippen molar-refractivity contribution in [3.05, 3.63) is 29.6 Å². The smallest absolute Gasteiger partial charge is 0.320 e. The van der Waals surface area contributed by atoms with Gasteiger partial charge in [-0.05, 0) is 38.6 Å². The van der Waals surface area contributed by atoms with E-state index in [0.717, 1.165) is 0 Å². The zero-order chi connectivity index (χ0) is 13.7. The van der Waals surface area contributed by atoms with E-state index in [1.54, 1.807) is 37.9 Å². The van der Waals surface area contributed by atoms with Gasteiger partial charge < -0.3 is 9.84 Å². The molecule has 1 unspecified atom stereocenters. The van der Waals surface area contributed by atoms with Crippen molar-refractivity contribution in [2.24, 2.45) is 0 Å². The van der Waals surface area contributed by atoms with Crippen LogP contribution in [0.4, 0.5) is 4.39 Å². The van der Waals surface area contributed by atoms with Crippen LogP contribution in [-0.2, 0) is 11.3 Å². The van der Waals surface area contributed by atoms with Crippen molar-refractivity contribution in [2.75, 3.05) is 13.7 Å². The highest BCUT2D eigenvalue weighted by molar-refractivity contribution is 5.72. The second-order valence-electron chi connectivity index (χ2n) is 4.13. The number of benzene rings is 1. The number of carbonyl (C=O) groups is 1. The first-order chi connectivity index (χ1) is 8.45. The minimum Gasteiger partial charge on any atom is -0.491 e. The third-order valence-corrected chi connectivity index (χ3v) is 2.75. The van der Waals surface area contributed by atoms with E-state index in [9.17, 15) is 9.18 Å². The molecule has 0 amide bonds. The minimum atomic E-state index is -0.899. The van der Waals surface area contributed by atoms with Crippen LogP contribution < -0.4 is 4.74 Å². The molecule has 1 aromatic carbocycles. The summed E-state index contributed by atoms with van der Waals surface area (Å²) in [5.74, 6) is -1.11. The summed E-state index contributed by atoms with van der Waals surface area (Å²) in [6.07, 6.45) is 0. The van der Waals surface area contributed by atoms with Gasteiger partial charge in [-0.25, -0.2) is 4.39 Å². The van der Waals surface area contributed by atoms with Crippen molar-refractivity contribution in [2.45, 2.75) is 26.4 Å². The number of hydrogen-bond donors (Lipinski definition) is 1. The van der Waals surface area contributed by atoms with Gasteiger partial charge in [0.1, 0.15) is 6.04 Å². The lowest BCUT2D eigenvalue weighted by molar-refractivity contribution is -0.142. The van der Waals surface area contributed by atoms with E-state index in [4.69, 9.17) is 9.84 Å². The zero-order valence-electron chi connectivity index (χ0n) is 10.8. The summed E-state index contributed by atoms with van der Waals surface area (Å²) in [6.45, 7) is 4.16. The van der Waals surface area contributed by atoms with Crippen molar-refractivity contribution < 1.29 is 19.0 Å². The molecule has 18 heavy (non-hydrogen) atoms. The van der Waals surface area contributed by atoms with Crippen molar-refractivity contribution in [3.8, 4) is 5.75 Å². The molecule has 0 aliphatic heterocycles. The van der Waals surface area contributed by atoms with Crippen LogP contribution in [-0.4, -0.2) is 35.7 Å². The fraction of sp³-hybridized carbons (Fsp3) is 0.462. The van der Waals surface area contributed by atoms with Gasteiger partial charge in [0.15, 0.2) is 11.6 Å². The number of carboxylic acid groups (broad SMARTS) is 1. The van der Waals surface area contributed by atoms with Crippen molar-refractivity contribution >= 4 is 5.97 Å². The molecule has 0 saturated heterocycles. The van der Waals surface area contributed by atoms with E-state index in [1.165, 1.54) is 6.07 Å². The minimum absolute atomic E-state index is 0.218. The van der Waals surface area contributed by atoms with E-state index in [1.807, 2.05) is 0 Å². The average molecular weight is 255 g/mol. The Kier molecular flexibility index (Phi) is 5.09. The van der Waals surface area contributed by atoms with Gasteiger partial charge in [0, 0.05) is 6.54 Å². The van der Waals surface area contributed by atoms with Gasteiger partial charge >= 0.3 is 5.97 Å². The Hall–Kier alpha value is -1.62. The Bertz CT molecular complexity index is 423. The highest BCUT2D eigenvalue weighted by atomic mass is 19.1. The third-order valence-electron chi connectivity index (χ3n) is 2.75. The van der Waals surface area contributed by atoms with Crippen molar-refractivity contribution in [3.63, 3.8) is 0 Å². The molecule has 1 N–H and O–H groups in total. The molecule has 1 aromatic rings. The molecule has 5 heteroatoms. The molecule has 0 radical (unpaired) electrons. The number of ether oxygens (including phenoxy) is 1. The Morgan fingerprint density at radius 3 is 2.72 bits per heavy atom. The summed E-state index contributed by atoms with van der Waals surface area (Å²) < 4.78 is 18.7. The fourth-order valence-corrected chi connectivity index (χ4v) is 1.53. The molecule has 0 heterocycles. The zero-order valence-corrected chi connectivity index (χ0v) is 10.8. The normalized spacial score (nSPS) is 12.5. The lowest BCUT2D eigenvalue weighted by atomic mass is 10.2. The number of carboxylic acids is 1. The molecule has 4 nitrogen and oxygen atoms in total. The van der Waals surface area contributed by atoms with Gasteiger partial charge in [-0.3, -0.25) is 9.69 Å². The van der Waals surface area contributed by atoms with E-state index in [2.05, 4.69) is 0 Å².